The zero-order valence-corrected chi connectivity index (χ0v) is 10.2. The summed E-state index contributed by atoms with van der Waals surface area (Å²) >= 11 is 0. The summed E-state index contributed by atoms with van der Waals surface area (Å²) in [5, 5.41) is 3.41. The Bertz CT molecular complexity index is 337. The number of hydrogen-bond acceptors (Lipinski definition) is 2. The van der Waals surface area contributed by atoms with Crippen molar-refractivity contribution in [2.24, 2.45) is 5.92 Å². The molecule has 0 aliphatic carbocycles. The highest BCUT2D eigenvalue weighted by Gasteiger charge is 2.24. The topological polar surface area (TPSA) is 21.3 Å². The zero-order valence-electron chi connectivity index (χ0n) is 10.2. The van der Waals surface area contributed by atoms with Gasteiger partial charge >= 0.3 is 0 Å². The SMILES string of the molecule is CN[C@H]1CCOC[C@@H]1Cc1ccccc1C. The van der Waals surface area contributed by atoms with Crippen molar-refractivity contribution in [2.45, 2.75) is 25.8 Å². The van der Waals surface area contributed by atoms with E-state index in [4.69, 9.17) is 4.74 Å². The number of hydrogen-bond donors (Lipinski definition) is 1. The van der Waals surface area contributed by atoms with Crippen molar-refractivity contribution >= 4 is 0 Å². The molecule has 2 atom stereocenters. The molecule has 0 spiro atoms. The van der Waals surface area contributed by atoms with Gasteiger partial charge in [0, 0.05) is 18.6 Å². The van der Waals surface area contributed by atoms with Gasteiger partial charge in [0.2, 0.25) is 0 Å². The lowest BCUT2D eigenvalue weighted by Gasteiger charge is -2.31. The Balaban J connectivity index is 2.05. The lowest BCUT2D eigenvalue weighted by Crippen LogP contribution is -2.42. The Labute approximate surface area is 98.0 Å². The first-order valence-electron chi connectivity index (χ1n) is 6.11. The Morgan fingerprint density at radius 3 is 2.94 bits per heavy atom. The van der Waals surface area contributed by atoms with E-state index in [0.29, 0.717) is 12.0 Å². The predicted octanol–water partition coefficient (Wildman–Crippen LogP) is 2.16. The van der Waals surface area contributed by atoms with Crippen LogP contribution in [0.1, 0.15) is 17.5 Å². The summed E-state index contributed by atoms with van der Waals surface area (Å²) in [5.74, 6) is 0.611. The minimum atomic E-state index is 0.605. The van der Waals surface area contributed by atoms with Crippen molar-refractivity contribution in [3.8, 4) is 0 Å². The molecule has 1 N–H and O–H groups in total. The fourth-order valence-electron chi connectivity index (χ4n) is 2.50. The first-order chi connectivity index (χ1) is 7.81. The van der Waals surface area contributed by atoms with Gasteiger partial charge in [0.15, 0.2) is 0 Å². The number of nitrogens with one attached hydrogen (secondary N) is 1. The molecule has 2 rings (SSSR count). The van der Waals surface area contributed by atoms with Crippen LogP contribution in [0.2, 0.25) is 0 Å². The molecule has 0 unspecified atom stereocenters. The molecule has 0 aromatic heterocycles. The molecule has 1 saturated heterocycles. The molecule has 88 valence electrons. The van der Waals surface area contributed by atoms with E-state index in [1.807, 2.05) is 0 Å². The van der Waals surface area contributed by atoms with Crippen molar-refractivity contribution in [1.82, 2.24) is 5.32 Å². The second kappa shape index (κ2) is 5.46. The first-order valence-corrected chi connectivity index (χ1v) is 6.11. The van der Waals surface area contributed by atoms with Gasteiger partial charge in [-0.3, -0.25) is 0 Å². The van der Waals surface area contributed by atoms with Crippen molar-refractivity contribution in [1.29, 1.82) is 0 Å². The van der Waals surface area contributed by atoms with Gasteiger partial charge in [-0.1, -0.05) is 24.3 Å². The molecular weight excluding hydrogens is 198 g/mol. The van der Waals surface area contributed by atoms with Gasteiger partial charge < -0.3 is 10.1 Å². The van der Waals surface area contributed by atoms with E-state index in [9.17, 15) is 0 Å². The smallest absolute Gasteiger partial charge is 0.0512 e. The standard InChI is InChI=1S/C14H21NO/c1-11-5-3-4-6-12(11)9-13-10-16-8-7-14(13)15-2/h3-6,13-15H,7-10H2,1-2H3/t13-,14-/m0/s1. The van der Waals surface area contributed by atoms with Crippen molar-refractivity contribution in [2.75, 3.05) is 20.3 Å². The Hall–Kier alpha value is -0.860. The van der Waals surface area contributed by atoms with Crippen LogP contribution in [0.25, 0.3) is 0 Å². The van der Waals surface area contributed by atoms with Crippen LogP contribution in [0, 0.1) is 12.8 Å². The van der Waals surface area contributed by atoms with Gasteiger partial charge in [-0.25, -0.2) is 0 Å². The minimum absolute atomic E-state index is 0.605. The van der Waals surface area contributed by atoms with Crippen LogP contribution in [-0.4, -0.2) is 26.3 Å². The third kappa shape index (κ3) is 2.63. The van der Waals surface area contributed by atoms with E-state index < -0.39 is 0 Å². The summed E-state index contributed by atoms with van der Waals surface area (Å²) in [6, 6.07) is 9.25. The fraction of sp³-hybridized carbons (Fsp3) is 0.571. The van der Waals surface area contributed by atoms with E-state index in [-0.39, 0.29) is 0 Å². The van der Waals surface area contributed by atoms with Gasteiger partial charge in [0.25, 0.3) is 0 Å². The molecule has 1 heterocycles. The molecule has 1 aliphatic heterocycles. The summed E-state index contributed by atoms with van der Waals surface area (Å²) in [6.45, 7) is 3.98. The first kappa shape index (κ1) is 11.6. The Kier molecular flexibility index (Phi) is 3.97. The van der Waals surface area contributed by atoms with Crippen molar-refractivity contribution in [3.05, 3.63) is 35.4 Å². The molecule has 1 aliphatic rings. The van der Waals surface area contributed by atoms with Crippen LogP contribution >= 0.6 is 0 Å². The third-order valence-corrected chi connectivity index (χ3v) is 3.59. The van der Waals surface area contributed by atoms with E-state index in [0.717, 1.165) is 26.1 Å². The van der Waals surface area contributed by atoms with E-state index in [1.54, 1.807) is 0 Å². The lowest BCUT2D eigenvalue weighted by molar-refractivity contribution is 0.0342. The summed E-state index contributed by atoms with van der Waals surface area (Å²) in [7, 11) is 2.06. The highest BCUT2D eigenvalue weighted by atomic mass is 16.5. The normalized spacial score (nSPS) is 25.6. The molecule has 0 amide bonds. The van der Waals surface area contributed by atoms with Crippen LogP contribution < -0.4 is 5.32 Å². The molecular formula is C14H21NO. The van der Waals surface area contributed by atoms with Crippen LogP contribution in [-0.2, 0) is 11.2 Å². The van der Waals surface area contributed by atoms with E-state index >= 15 is 0 Å². The molecule has 0 saturated carbocycles. The number of ether oxygens (including phenoxy) is 1. The Morgan fingerprint density at radius 2 is 2.19 bits per heavy atom. The van der Waals surface area contributed by atoms with Gasteiger partial charge in [-0.05, 0) is 37.9 Å². The number of aryl methyl sites for hydroxylation is 1. The maximum absolute atomic E-state index is 5.59. The maximum Gasteiger partial charge on any atom is 0.0512 e. The van der Waals surface area contributed by atoms with Crippen LogP contribution in [0.3, 0.4) is 0 Å². The molecule has 2 nitrogen and oxygen atoms in total. The van der Waals surface area contributed by atoms with Crippen LogP contribution in [0.4, 0.5) is 0 Å². The minimum Gasteiger partial charge on any atom is -0.381 e. The van der Waals surface area contributed by atoms with Gasteiger partial charge in [-0.2, -0.15) is 0 Å². The molecule has 1 aromatic rings. The molecule has 16 heavy (non-hydrogen) atoms. The monoisotopic (exact) mass is 219 g/mol. The van der Waals surface area contributed by atoms with E-state index in [1.165, 1.54) is 11.1 Å². The average molecular weight is 219 g/mol. The van der Waals surface area contributed by atoms with Crippen LogP contribution in [0.5, 0.6) is 0 Å². The summed E-state index contributed by atoms with van der Waals surface area (Å²) in [4.78, 5) is 0. The van der Waals surface area contributed by atoms with Crippen molar-refractivity contribution in [3.63, 3.8) is 0 Å². The second-order valence-corrected chi connectivity index (χ2v) is 4.65. The van der Waals surface area contributed by atoms with Crippen molar-refractivity contribution < 1.29 is 4.74 Å². The third-order valence-electron chi connectivity index (χ3n) is 3.59. The van der Waals surface area contributed by atoms with Gasteiger partial charge in [-0.15, -0.1) is 0 Å². The van der Waals surface area contributed by atoms with Gasteiger partial charge in [0.1, 0.15) is 0 Å². The summed E-state index contributed by atoms with van der Waals surface area (Å²) in [6.07, 6.45) is 2.26. The molecule has 0 bridgehead atoms. The molecule has 1 fully saturated rings. The molecule has 2 heteroatoms. The predicted molar refractivity (Wildman–Crippen MR) is 66.7 cm³/mol. The maximum atomic E-state index is 5.59. The number of rotatable bonds is 3. The second-order valence-electron chi connectivity index (χ2n) is 4.65. The largest absolute Gasteiger partial charge is 0.381 e. The molecule has 1 aromatic carbocycles. The van der Waals surface area contributed by atoms with Crippen LogP contribution in [0.15, 0.2) is 24.3 Å². The fourth-order valence-corrected chi connectivity index (χ4v) is 2.50. The van der Waals surface area contributed by atoms with Gasteiger partial charge in [0.05, 0.1) is 6.61 Å². The Morgan fingerprint density at radius 1 is 1.38 bits per heavy atom. The zero-order chi connectivity index (χ0) is 11.4. The summed E-state index contributed by atoms with van der Waals surface area (Å²) < 4.78 is 5.59. The highest BCUT2D eigenvalue weighted by Crippen LogP contribution is 2.21. The molecule has 0 radical (unpaired) electrons. The van der Waals surface area contributed by atoms with E-state index in [2.05, 4.69) is 43.6 Å². The summed E-state index contributed by atoms with van der Waals surface area (Å²) in [5.41, 5.74) is 2.85. The number of benzene rings is 1. The quantitative estimate of drug-likeness (QED) is 0.841. The highest BCUT2D eigenvalue weighted by molar-refractivity contribution is 5.26. The average Bonchev–Trinajstić information content (AvgIpc) is 2.33. The lowest BCUT2D eigenvalue weighted by atomic mass is 9.88.